The predicted molar refractivity (Wildman–Crippen MR) is 117 cm³/mol. The Hall–Kier alpha value is -4.24. The second kappa shape index (κ2) is 6.68. The predicted octanol–water partition coefficient (Wildman–Crippen LogP) is 4.32. The maximum atomic E-state index is 12.5. The van der Waals surface area contributed by atoms with Gasteiger partial charge >= 0.3 is 0 Å². The van der Waals surface area contributed by atoms with Crippen molar-refractivity contribution >= 4 is 22.1 Å². The Morgan fingerprint density at radius 3 is 2.80 bits per heavy atom. The Bertz CT molecular complexity index is 1550. The Morgan fingerprint density at radius 1 is 1.10 bits per heavy atom. The largest absolute Gasteiger partial charge is 0.346 e. The molecule has 0 radical (unpaired) electrons. The minimum Gasteiger partial charge on any atom is -0.346 e. The number of aryl methyl sites for hydroxylation is 1. The van der Waals surface area contributed by atoms with Crippen molar-refractivity contribution in [2.24, 2.45) is 7.05 Å². The molecule has 0 aliphatic rings. The van der Waals surface area contributed by atoms with E-state index in [0.717, 1.165) is 39.0 Å². The van der Waals surface area contributed by atoms with Crippen molar-refractivity contribution < 1.29 is 0 Å². The molecule has 3 aromatic heterocycles. The van der Waals surface area contributed by atoms with Gasteiger partial charge in [0.25, 0.3) is 0 Å². The first kappa shape index (κ1) is 17.8. The highest BCUT2D eigenvalue weighted by atomic mass is 16.1. The second-order valence-electron chi connectivity index (χ2n) is 7.27. The first-order valence-corrected chi connectivity index (χ1v) is 9.51. The lowest BCUT2D eigenvalue weighted by atomic mass is 9.93. The number of aromatic amines is 1. The molecular formula is C24H17N5O. The maximum Gasteiger partial charge on any atom is 0.191 e. The van der Waals surface area contributed by atoms with E-state index in [9.17, 15) is 10.1 Å². The highest BCUT2D eigenvalue weighted by Gasteiger charge is 2.17. The van der Waals surface area contributed by atoms with Gasteiger partial charge in [-0.15, -0.1) is 0 Å². The van der Waals surface area contributed by atoms with Crippen LogP contribution in [-0.2, 0) is 7.05 Å². The summed E-state index contributed by atoms with van der Waals surface area (Å²) in [5.41, 5.74) is 7.12. The lowest BCUT2D eigenvalue weighted by Gasteiger charge is -2.14. The van der Waals surface area contributed by atoms with Gasteiger partial charge in [-0.1, -0.05) is 18.2 Å². The highest BCUT2D eigenvalue weighted by molar-refractivity contribution is 5.93. The molecule has 5 aromatic rings. The van der Waals surface area contributed by atoms with Crippen molar-refractivity contribution in [1.29, 1.82) is 5.26 Å². The molecule has 144 valence electrons. The van der Waals surface area contributed by atoms with Crippen LogP contribution in [0.1, 0.15) is 11.1 Å². The average Bonchev–Trinajstić information content (AvgIpc) is 3.13. The maximum absolute atomic E-state index is 12.5. The molecular weight excluding hydrogens is 374 g/mol. The van der Waals surface area contributed by atoms with Gasteiger partial charge in [0.15, 0.2) is 5.43 Å². The number of H-pyrrole nitrogens is 1. The number of rotatable bonds is 2. The molecule has 2 aromatic carbocycles. The summed E-state index contributed by atoms with van der Waals surface area (Å²) in [6, 6.07) is 17.2. The molecule has 0 amide bonds. The molecule has 30 heavy (non-hydrogen) atoms. The van der Waals surface area contributed by atoms with Crippen LogP contribution in [-0.4, -0.2) is 19.5 Å². The lowest BCUT2D eigenvalue weighted by Crippen LogP contribution is -2.04. The van der Waals surface area contributed by atoms with Crippen LogP contribution in [0.4, 0.5) is 0 Å². The molecule has 0 atom stereocenters. The third-order valence-electron chi connectivity index (χ3n) is 5.49. The number of aromatic nitrogens is 4. The number of fused-ring (bicyclic) bond motifs is 2. The van der Waals surface area contributed by atoms with Gasteiger partial charge in [-0.25, -0.2) is 9.97 Å². The average molecular weight is 391 g/mol. The lowest BCUT2D eigenvalue weighted by molar-refractivity contribution is 0.948. The van der Waals surface area contributed by atoms with E-state index in [1.165, 1.54) is 6.07 Å². The van der Waals surface area contributed by atoms with E-state index in [1.54, 1.807) is 18.6 Å². The SMILES string of the molecule is Cc1c(C#N)cccc1-c1nc2[nH]ccc(=O)c2cc1-c1ccc2ncn(C)c2c1. The zero-order valence-corrected chi connectivity index (χ0v) is 16.5. The van der Waals surface area contributed by atoms with E-state index in [4.69, 9.17) is 4.98 Å². The standard InChI is InChI=1S/C24H17N5O/c1-14-16(12-25)4-3-5-17(14)23-18(11-19-22(30)8-9-26-24(19)28-23)15-6-7-20-21(10-15)29(2)13-27-20/h3-11,13H,1-2H3,(H,26,28,30). The molecule has 6 nitrogen and oxygen atoms in total. The van der Waals surface area contributed by atoms with Crippen LogP contribution in [0.25, 0.3) is 44.5 Å². The number of nitrogens with zero attached hydrogens (tertiary/aromatic N) is 4. The van der Waals surface area contributed by atoms with Crippen molar-refractivity contribution in [3.8, 4) is 28.5 Å². The van der Waals surface area contributed by atoms with Crippen molar-refractivity contribution in [3.05, 3.63) is 82.4 Å². The van der Waals surface area contributed by atoms with Gasteiger partial charge in [0.05, 0.1) is 40.1 Å². The molecule has 5 rings (SSSR count). The van der Waals surface area contributed by atoms with Crippen LogP contribution in [0.15, 0.2) is 65.8 Å². The molecule has 0 saturated heterocycles. The summed E-state index contributed by atoms with van der Waals surface area (Å²) in [6.07, 6.45) is 3.38. The van der Waals surface area contributed by atoms with Gasteiger partial charge < -0.3 is 9.55 Å². The number of hydrogen-bond acceptors (Lipinski definition) is 4. The number of nitriles is 1. The van der Waals surface area contributed by atoms with Gasteiger partial charge in [0, 0.05) is 30.4 Å². The Labute approximate surface area is 172 Å². The zero-order chi connectivity index (χ0) is 20.8. The number of hydrogen-bond donors (Lipinski definition) is 1. The van der Waals surface area contributed by atoms with Crippen LogP contribution in [0, 0.1) is 18.3 Å². The molecule has 0 spiro atoms. The van der Waals surface area contributed by atoms with E-state index in [0.29, 0.717) is 16.6 Å². The summed E-state index contributed by atoms with van der Waals surface area (Å²) in [7, 11) is 1.95. The summed E-state index contributed by atoms with van der Waals surface area (Å²) < 4.78 is 1.96. The van der Waals surface area contributed by atoms with Gasteiger partial charge in [0.1, 0.15) is 5.65 Å². The molecule has 1 N–H and O–H groups in total. The summed E-state index contributed by atoms with van der Waals surface area (Å²) in [5, 5.41) is 10.0. The monoisotopic (exact) mass is 391 g/mol. The van der Waals surface area contributed by atoms with E-state index in [2.05, 4.69) is 22.1 Å². The first-order valence-electron chi connectivity index (χ1n) is 9.51. The van der Waals surface area contributed by atoms with Crippen LogP contribution >= 0.6 is 0 Å². The van der Waals surface area contributed by atoms with Gasteiger partial charge in [-0.05, 0) is 42.3 Å². The number of pyridine rings is 2. The summed E-state index contributed by atoms with van der Waals surface area (Å²) in [6.45, 7) is 1.92. The topological polar surface area (TPSA) is 87.4 Å². The molecule has 0 aliphatic carbocycles. The van der Waals surface area contributed by atoms with Crippen LogP contribution in [0.2, 0.25) is 0 Å². The van der Waals surface area contributed by atoms with E-state index < -0.39 is 0 Å². The van der Waals surface area contributed by atoms with E-state index in [-0.39, 0.29) is 5.43 Å². The molecule has 0 fully saturated rings. The fraction of sp³-hybridized carbons (Fsp3) is 0.0833. The third-order valence-corrected chi connectivity index (χ3v) is 5.49. The Kier molecular flexibility index (Phi) is 3.97. The normalized spacial score (nSPS) is 11.1. The van der Waals surface area contributed by atoms with Crippen LogP contribution < -0.4 is 5.43 Å². The summed E-state index contributed by atoms with van der Waals surface area (Å²) in [5.74, 6) is 0. The quantitative estimate of drug-likeness (QED) is 0.485. The Balaban J connectivity index is 1.89. The summed E-state index contributed by atoms with van der Waals surface area (Å²) in [4.78, 5) is 24.8. The zero-order valence-electron chi connectivity index (χ0n) is 16.5. The summed E-state index contributed by atoms with van der Waals surface area (Å²) >= 11 is 0. The van der Waals surface area contributed by atoms with E-state index in [1.807, 2.05) is 48.9 Å². The Morgan fingerprint density at radius 2 is 1.97 bits per heavy atom. The third kappa shape index (κ3) is 2.68. The van der Waals surface area contributed by atoms with Crippen LogP contribution in [0.5, 0.6) is 0 Å². The number of imidazole rings is 1. The number of nitrogens with one attached hydrogen (secondary N) is 1. The number of benzene rings is 2. The van der Waals surface area contributed by atoms with Crippen LogP contribution in [0.3, 0.4) is 0 Å². The van der Waals surface area contributed by atoms with Crippen molar-refractivity contribution in [3.63, 3.8) is 0 Å². The highest BCUT2D eigenvalue weighted by Crippen LogP contribution is 2.35. The van der Waals surface area contributed by atoms with Crippen molar-refractivity contribution in [1.82, 2.24) is 19.5 Å². The minimum atomic E-state index is -0.0897. The molecule has 0 saturated carbocycles. The van der Waals surface area contributed by atoms with Crippen molar-refractivity contribution in [2.45, 2.75) is 6.92 Å². The molecule has 6 heteroatoms. The molecule has 0 unspecified atom stereocenters. The van der Waals surface area contributed by atoms with Gasteiger partial charge in [-0.3, -0.25) is 4.79 Å². The fourth-order valence-electron chi connectivity index (χ4n) is 3.83. The van der Waals surface area contributed by atoms with E-state index >= 15 is 0 Å². The van der Waals surface area contributed by atoms with Gasteiger partial charge in [0.2, 0.25) is 0 Å². The first-order chi connectivity index (χ1) is 14.6. The molecule has 0 bridgehead atoms. The van der Waals surface area contributed by atoms with Gasteiger partial charge in [-0.2, -0.15) is 5.26 Å². The van der Waals surface area contributed by atoms with Crippen molar-refractivity contribution in [2.75, 3.05) is 0 Å². The molecule has 3 heterocycles. The molecule has 0 aliphatic heterocycles. The fourth-order valence-corrected chi connectivity index (χ4v) is 3.83. The smallest absolute Gasteiger partial charge is 0.191 e. The second-order valence-corrected chi connectivity index (χ2v) is 7.27. The minimum absolute atomic E-state index is 0.0897.